The number of hydrogen-bond donors (Lipinski definition) is 1. The average molecular weight is 415 g/mol. The topological polar surface area (TPSA) is 37.3 Å². The highest BCUT2D eigenvalue weighted by molar-refractivity contribution is 5.92. The highest BCUT2D eigenvalue weighted by Gasteiger charge is 2.67. The zero-order valence-corrected chi connectivity index (χ0v) is 18.9. The van der Waals surface area contributed by atoms with Crippen LogP contribution in [0.15, 0.2) is 54.7 Å². The van der Waals surface area contributed by atoms with Crippen LogP contribution in [0.25, 0.3) is 0 Å². The van der Waals surface area contributed by atoms with Crippen molar-refractivity contribution in [2.75, 3.05) is 0 Å². The van der Waals surface area contributed by atoms with Gasteiger partial charge in [-0.1, -0.05) is 50.3 Å². The van der Waals surface area contributed by atoms with Gasteiger partial charge in [0.25, 0.3) is 0 Å². The predicted octanol–water partition coefficient (Wildman–Crippen LogP) is 5.70. The molecular formula is C29H34O2. The van der Waals surface area contributed by atoms with Gasteiger partial charge < -0.3 is 5.11 Å². The first kappa shape index (κ1) is 19.7. The van der Waals surface area contributed by atoms with Gasteiger partial charge in [-0.15, -0.1) is 6.58 Å². The van der Waals surface area contributed by atoms with Gasteiger partial charge in [0.1, 0.15) is 0 Å². The smallest absolute Gasteiger partial charge is 0.156 e. The minimum absolute atomic E-state index is 0.0770. The summed E-state index contributed by atoms with van der Waals surface area (Å²) in [6, 6.07) is 7.14. The zero-order chi connectivity index (χ0) is 21.6. The van der Waals surface area contributed by atoms with E-state index in [0.29, 0.717) is 30.1 Å². The van der Waals surface area contributed by atoms with E-state index in [1.165, 1.54) is 22.3 Å². The van der Waals surface area contributed by atoms with Gasteiger partial charge in [0.2, 0.25) is 0 Å². The fourth-order valence-corrected chi connectivity index (χ4v) is 8.70. The molecule has 1 spiro atoms. The molecule has 5 aliphatic rings. The lowest BCUT2D eigenvalue weighted by Gasteiger charge is -2.63. The summed E-state index contributed by atoms with van der Waals surface area (Å²) in [5.41, 5.74) is 4.80. The summed E-state index contributed by atoms with van der Waals surface area (Å²) >= 11 is 0. The molecule has 0 aliphatic heterocycles. The van der Waals surface area contributed by atoms with Crippen LogP contribution in [0.5, 0.6) is 0 Å². The molecule has 0 saturated heterocycles. The van der Waals surface area contributed by atoms with Crippen LogP contribution in [0, 0.1) is 28.6 Å². The van der Waals surface area contributed by atoms with Crippen molar-refractivity contribution in [1.82, 2.24) is 0 Å². The molecule has 7 atom stereocenters. The molecule has 1 aromatic rings. The molecule has 1 N–H and O–H groups in total. The van der Waals surface area contributed by atoms with E-state index in [0.717, 1.165) is 38.5 Å². The van der Waals surface area contributed by atoms with Gasteiger partial charge in [0, 0.05) is 17.3 Å². The molecule has 2 unspecified atom stereocenters. The van der Waals surface area contributed by atoms with Gasteiger partial charge in [-0.25, -0.2) is 0 Å². The van der Waals surface area contributed by atoms with Gasteiger partial charge in [-0.3, -0.25) is 4.79 Å². The number of ketones is 1. The van der Waals surface area contributed by atoms with E-state index in [2.05, 4.69) is 50.8 Å². The van der Waals surface area contributed by atoms with Crippen molar-refractivity contribution in [2.24, 2.45) is 28.6 Å². The molecule has 0 radical (unpaired) electrons. The van der Waals surface area contributed by atoms with E-state index >= 15 is 0 Å². The molecule has 0 bridgehead atoms. The number of aryl methyl sites for hydroxylation is 1. The summed E-state index contributed by atoms with van der Waals surface area (Å²) < 4.78 is 0. The van der Waals surface area contributed by atoms with Crippen LogP contribution in [0.4, 0.5) is 0 Å². The van der Waals surface area contributed by atoms with Crippen LogP contribution in [-0.2, 0) is 17.6 Å². The number of fused-ring (bicyclic) bond motifs is 4. The monoisotopic (exact) mass is 414 g/mol. The first-order valence-corrected chi connectivity index (χ1v) is 12.3. The van der Waals surface area contributed by atoms with Gasteiger partial charge >= 0.3 is 0 Å². The lowest BCUT2D eigenvalue weighted by Crippen LogP contribution is -2.58. The molecule has 0 amide bonds. The number of aliphatic hydroxyl groups is 1. The van der Waals surface area contributed by atoms with Gasteiger partial charge in [0.05, 0.1) is 5.60 Å². The van der Waals surface area contributed by atoms with Gasteiger partial charge in [-0.2, -0.15) is 0 Å². The second-order valence-electron chi connectivity index (χ2n) is 11.2. The molecule has 0 heterocycles. The Balaban J connectivity index is 1.59. The van der Waals surface area contributed by atoms with Crippen molar-refractivity contribution in [2.45, 2.75) is 70.3 Å². The fraction of sp³-hybridized carbons (Fsp3) is 0.552. The third-order valence-electron chi connectivity index (χ3n) is 10.3. The number of benzene rings is 1. The Kier molecular flexibility index (Phi) is 4.02. The molecule has 31 heavy (non-hydrogen) atoms. The quantitative estimate of drug-likeness (QED) is 0.630. The molecule has 2 fully saturated rings. The molecule has 162 valence electrons. The van der Waals surface area contributed by atoms with E-state index in [9.17, 15) is 9.90 Å². The van der Waals surface area contributed by atoms with Crippen LogP contribution in [-0.4, -0.2) is 16.5 Å². The molecule has 2 saturated carbocycles. The normalized spacial score (nSPS) is 44.6. The summed E-state index contributed by atoms with van der Waals surface area (Å²) in [7, 11) is 0. The highest BCUT2D eigenvalue weighted by Crippen LogP contribution is 2.71. The lowest BCUT2D eigenvalue weighted by molar-refractivity contribution is -0.119. The lowest BCUT2D eigenvalue weighted by atomic mass is 9.41. The van der Waals surface area contributed by atoms with Crippen LogP contribution in [0.3, 0.4) is 0 Å². The maximum absolute atomic E-state index is 12.4. The molecule has 2 nitrogen and oxygen atoms in total. The fourth-order valence-electron chi connectivity index (χ4n) is 8.70. The first-order valence-electron chi connectivity index (χ1n) is 12.3. The van der Waals surface area contributed by atoms with Gasteiger partial charge in [-0.05, 0) is 90.5 Å². The Bertz CT molecular complexity index is 1050. The van der Waals surface area contributed by atoms with Crippen LogP contribution < -0.4 is 0 Å². The predicted molar refractivity (Wildman–Crippen MR) is 124 cm³/mol. The first-order chi connectivity index (χ1) is 14.8. The van der Waals surface area contributed by atoms with Crippen LogP contribution >= 0.6 is 0 Å². The van der Waals surface area contributed by atoms with Crippen LogP contribution in [0.1, 0.15) is 68.6 Å². The molecule has 1 aromatic carbocycles. The number of carbonyl (C=O) groups excluding carboxylic acids is 1. The van der Waals surface area contributed by atoms with Crippen LogP contribution in [0.2, 0.25) is 0 Å². The molecular weight excluding hydrogens is 380 g/mol. The molecule has 2 heteroatoms. The van der Waals surface area contributed by atoms with Crippen molar-refractivity contribution >= 4 is 5.78 Å². The van der Waals surface area contributed by atoms with E-state index in [-0.39, 0.29) is 16.6 Å². The van der Waals surface area contributed by atoms with E-state index in [1.807, 2.05) is 12.2 Å². The summed E-state index contributed by atoms with van der Waals surface area (Å²) in [4.78, 5) is 12.4. The van der Waals surface area contributed by atoms with E-state index in [4.69, 9.17) is 0 Å². The van der Waals surface area contributed by atoms with Crippen molar-refractivity contribution in [3.05, 3.63) is 71.3 Å². The largest absolute Gasteiger partial charge is 0.385 e. The third kappa shape index (κ3) is 2.35. The zero-order valence-electron chi connectivity index (χ0n) is 18.9. The number of rotatable bonds is 2. The SMILES string of the molecule is C=C[C@]1(O)CC[C@H]2[C@@H]3C=CC4=CC(=O)CC[C@@]45Cc4cc(CC)ccc4C(C[C@@]21C)C35. The Labute approximate surface area is 186 Å². The summed E-state index contributed by atoms with van der Waals surface area (Å²) in [6.07, 6.45) is 15.2. The van der Waals surface area contributed by atoms with Gasteiger partial charge in [0.15, 0.2) is 5.78 Å². The average Bonchev–Trinajstić information content (AvgIpc) is 3.04. The standard InChI is InChI=1S/C29H34O2/c1-4-18-6-8-22-19(14-18)16-28-12-10-21(30)15-20(28)7-9-23-25-11-13-29(31,5-2)27(25,3)17-24(22)26(23)28/h5-9,14-15,23-26,31H,2,4,10-13,16-17H2,1,3H3/t23-,24?,25-,26?,27-,28+,29-/m0/s1. The molecule has 0 aromatic heterocycles. The minimum Gasteiger partial charge on any atom is -0.385 e. The van der Waals surface area contributed by atoms with E-state index in [1.54, 1.807) is 0 Å². The Hall–Kier alpha value is -1.93. The summed E-state index contributed by atoms with van der Waals surface area (Å²) in [6.45, 7) is 8.61. The van der Waals surface area contributed by atoms with E-state index < -0.39 is 5.60 Å². The van der Waals surface area contributed by atoms with Crippen molar-refractivity contribution < 1.29 is 9.90 Å². The maximum atomic E-state index is 12.4. The third-order valence-corrected chi connectivity index (χ3v) is 10.3. The van der Waals surface area contributed by atoms with Crippen molar-refractivity contribution in [1.29, 1.82) is 0 Å². The Morgan fingerprint density at radius 3 is 2.90 bits per heavy atom. The number of carbonyl (C=O) groups is 1. The van der Waals surface area contributed by atoms with Crippen molar-refractivity contribution in [3.8, 4) is 0 Å². The maximum Gasteiger partial charge on any atom is 0.156 e. The van der Waals surface area contributed by atoms with Crippen molar-refractivity contribution in [3.63, 3.8) is 0 Å². The number of hydrogen-bond acceptors (Lipinski definition) is 2. The summed E-state index contributed by atoms with van der Waals surface area (Å²) in [5, 5.41) is 11.6. The highest BCUT2D eigenvalue weighted by atomic mass is 16.3. The molecule has 6 rings (SSSR count). The second-order valence-corrected chi connectivity index (χ2v) is 11.2. The minimum atomic E-state index is -0.788. The summed E-state index contributed by atoms with van der Waals surface area (Å²) in [5.74, 6) is 2.17. The molecule has 5 aliphatic carbocycles. The second kappa shape index (κ2) is 6.32. The Morgan fingerprint density at radius 1 is 1.29 bits per heavy atom. The number of allylic oxidation sites excluding steroid dienone is 4. The Morgan fingerprint density at radius 2 is 2.13 bits per heavy atom.